The second-order valence-corrected chi connectivity index (χ2v) is 5.63. The molecular weight excluding hydrogens is 414 g/mol. The molecule has 2 N–H and O–H groups in total. The molecule has 4 rings (SSSR count). The number of hydrogen-bond acceptors (Lipinski definition) is 3. The first-order chi connectivity index (χ1) is 11.6. The van der Waals surface area contributed by atoms with E-state index in [1.165, 1.54) is 0 Å². The molecule has 2 aromatic rings. The summed E-state index contributed by atoms with van der Waals surface area (Å²) in [4.78, 5) is 11.7. The smallest absolute Gasteiger partial charge is 0.336 e. The van der Waals surface area contributed by atoms with Gasteiger partial charge < -0.3 is 14.9 Å². The maximum absolute atomic E-state index is 11.7. The van der Waals surface area contributed by atoms with Gasteiger partial charge in [0, 0.05) is 56.9 Å². The van der Waals surface area contributed by atoms with Crippen molar-refractivity contribution in [1.82, 2.24) is 0 Å². The van der Waals surface area contributed by atoms with Gasteiger partial charge in [0.25, 0.3) is 0 Å². The fourth-order valence-corrected chi connectivity index (χ4v) is 3.10. The van der Waals surface area contributed by atoms with Crippen molar-refractivity contribution >= 4 is 11.5 Å². The van der Waals surface area contributed by atoms with Gasteiger partial charge in [-0.2, -0.15) is 0 Å². The van der Waals surface area contributed by atoms with Crippen molar-refractivity contribution in [3.8, 4) is 11.5 Å². The molecule has 0 amide bonds. The molecule has 26 heavy (non-hydrogen) atoms. The minimum absolute atomic E-state index is 0. The molecule has 2 aliphatic rings. The Morgan fingerprint density at radius 2 is 1.81 bits per heavy atom. The zero-order valence-corrected chi connectivity index (χ0v) is 15.8. The summed E-state index contributed by atoms with van der Waals surface area (Å²) < 4.78 is 5.91. The van der Waals surface area contributed by atoms with Gasteiger partial charge in [0.15, 0.2) is 0 Å². The molecule has 1 aliphatic heterocycles. The van der Waals surface area contributed by atoms with Crippen LogP contribution in [0.1, 0.15) is 27.9 Å². The largest absolute Gasteiger partial charge is 0.508 e. The number of allylic oxidation sites excluding steroid dienone is 3. The number of rotatable bonds is 2. The van der Waals surface area contributed by atoms with E-state index in [0.29, 0.717) is 17.1 Å². The van der Waals surface area contributed by atoms with Crippen molar-refractivity contribution in [2.45, 2.75) is 6.42 Å². The number of phenols is 1. The summed E-state index contributed by atoms with van der Waals surface area (Å²) in [5, 5.41) is 19.3. The van der Waals surface area contributed by atoms with E-state index in [-0.39, 0.29) is 45.5 Å². The fourth-order valence-electron chi connectivity index (χ4n) is 3.10. The zero-order chi connectivity index (χ0) is 16.7. The van der Waals surface area contributed by atoms with Gasteiger partial charge >= 0.3 is 5.97 Å². The van der Waals surface area contributed by atoms with E-state index in [4.69, 9.17) is 4.74 Å². The molecule has 0 saturated carbocycles. The number of phenolic OH excluding ortho intramolecular Hbond substituents is 1. The first-order valence-corrected chi connectivity index (χ1v) is 7.60. The molecule has 2 aromatic carbocycles. The average Bonchev–Trinajstić information content (AvgIpc) is 2.59. The van der Waals surface area contributed by atoms with Crippen LogP contribution in [0.3, 0.4) is 0 Å². The Kier molecular flexibility index (Phi) is 6.17. The van der Waals surface area contributed by atoms with Crippen molar-refractivity contribution in [1.29, 1.82) is 0 Å². The van der Waals surface area contributed by atoms with Gasteiger partial charge in [0.05, 0.1) is 5.56 Å². The Hall–Kier alpha value is -2.23. The van der Waals surface area contributed by atoms with Gasteiger partial charge in [-0.25, -0.2) is 4.79 Å². The molecule has 1 heterocycles. The monoisotopic (exact) mass is 428 g/mol. The summed E-state index contributed by atoms with van der Waals surface area (Å²) in [6.07, 6.45) is 6.67. The zero-order valence-electron chi connectivity index (χ0n) is 13.4. The number of benzene rings is 2. The van der Waals surface area contributed by atoms with Crippen LogP contribution in [0.15, 0.2) is 72.0 Å². The first-order valence-electron chi connectivity index (χ1n) is 7.60. The number of carboxylic acid groups (broad SMARTS) is 1. The molecule has 2 radical (unpaired) electrons. The van der Waals surface area contributed by atoms with E-state index in [1.807, 2.05) is 24.3 Å². The molecule has 4 nitrogen and oxygen atoms in total. The van der Waals surface area contributed by atoms with Gasteiger partial charge in [-0.05, 0) is 36.3 Å². The fraction of sp³-hybridized carbons (Fsp3) is 0.0500. The minimum atomic E-state index is -0.976. The summed E-state index contributed by atoms with van der Waals surface area (Å²) in [5.74, 6) is 0.340. The number of aromatic hydroxyl groups is 1. The van der Waals surface area contributed by atoms with Gasteiger partial charge in [-0.1, -0.05) is 30.4 Å². The number of hydrogen-bond donors (Lipinski definition) is 2. The molecule has 6 heteroatoms. The Morgan fingerprint density at radius 3 is 2.58 bits per heavy atom. The SMILES string of the molecule is O=C(O)c1ccccc1C1=C2C=CCC=C2Oc2cc(O)ccc21.[Mn].[Mn]. The summed E-state index contributed by atoms with van der Waals surface area (Å²) in [7, 11) is 0. The van der Waals surface area contributed by atoms with Crippen molar-refractivity contribution in [2.75, 3.05) is 0 Å². The van der Waals surface area contributed by atoms with Crippen LogP contribution in [0.25, 0.3) is 5.57 Å². The number of ether oxygens (including phenoxy) is 1. The van der Waals surface area contributed by atoms with Gasteiger partial charge in [-0.15, -0.1) is 0 Å². The third-order valence-electron chi connectivity index (χ3n) is 4.14. The predicted octanol–water partition coefficient (Wildman–Crippen LogP) is 4.12. The van der Waals surface area contributed by atoms with Gasteiger partial charge in [0.1, 0.15) is 17.3 Å². The molecule has 1 aliphatic carbocycles. The van der Waals surface area contributed by atoms with Crippen molar-refractivity contribution in [3.05, 3.63) is 88.7 Å². The van der Waals surface area contributed by atoms with Crippen LogP contribution in [0.5, 0.6) is 11.5 Å². The van der Waals surface area contributed by atoms with E-state index in [2.05, 4.69) is 0 Å². The van der Waals surface area contributed by atoms with Gasteiger partial charge in [-0.3, -0.25) is 0 Å². The van der Waals surface area contributed by atoms with E-state index >= 15 is 0 Å². The predicted molar refractivity (Wildman–Crippen MR) is 90.0 cm³/mol. The van der Waals surface area contributed by atoms with Crippen molar-refractivity contribution in [2.24, 2.45) is 0 Å². The Balaban J connectivity index is 0.00000121. The Labute approximate surface area is 171 Å². The number of fused-ring (bicyclic) bond motifs is 2. The second-order valence-electron chi connectivity index (χ2n) is 5.63. The average molecular weight is 428 g/mol. The maximum Gasteiger partial charge on any atom is 0.336 e. The summed E-state index contributed by atoms with van der Waals surface area (Å²) in [6, 6.07) is 11.8. The standard InChI is InChI=1S/C20H14O4.2Mn/c21-12-9-10-16-18(11-12)24-17-8-4-3-7-15(17)19(16)13-5-1-2-6-14(13)20(22)23;;/h1-3,5-11,21H,4H2,(H,22,23);;. The van der Waals surface area contributed by atoms with Crippen LogP contribution in [0, 0.1) is 0 Å². The maximum atomic E-state index is 11.7. The van der Waals surface area contributed by atoms with Crippen LogP contribution >= 0.6 is 0 Å². The van der Waals surface area contributed by atoms with E-state index < -0.39 is 5.97 Å². The number of carbonyl (C=O) groups is 1. The van der Waals surface area contributed by atoms with Crippen LogP contribution in [0.4, 0.5) is 0 Å². The molecule has 132 valence electrons. The van der Waals surface area contributed by atoms with Crippen molar-refractivity contribution < 1.29 is 53.9 Å². The third kappa shape index (κ3) is 3.37. The molecule has 0 bridgehead atoms. The minimum Gasteiger partial charge on any atom is -0.508 e. The van der Waals surface area contributed by atoms with Gasteiger partial charge in [0.2, 0.25) is 0 Å². The molecule has 0 saturated heterocycles. The quantitative estimate of drug-likeness (QED) is 0.707. The topological polar surface area (TPSA) is 66.8 Å². The normalized spacial score (nSPS) is 14.1. The third-order valence-corrected chi connectivity index (χ3v) is 4.14. The number of aromatic carboxylic acids is 1. The van der Waals surface area contributed by atoms with E-state index in [0.717, 1.165) is 23.1 Å². The molecule has 0 fully saturated rings. The van der Waals surface area contributed by atoms with Crippen LogP contribution in [0.2, 0.25) is 0 Å². The Bertz CT molecular complexity index is 958. The van der Waals surface area contributed by atoms with E-state index in [1.54, 1.807) is 36.4 Å². The Morgan fingerprint density at radius 1 is 1.04 bits per heavy atom. The second kappa shape index (κ2) is 7.98. The van der Waals surface area contributed by atoms with Crippen LogP contribution < -0.4 is 4.74 Å². The summed E-state index contributed by atoms with van der Waals surface area (Å²) in [5.41, 5.74) is 3.29. The van der Waals surface area contributed by atoms with Crippen molar-refractivity contribution in [3.63, 3.8) is 0 Å². The summed E-state index contributed by atoms with van der Waals surface area (Å²) >= 11 is 0. The van der Waals surface area contributed by atoms with Crippen LogP contribution in [-0.4, -0.2) is 16.2 Å². The molecule has 0 atom stereocenters. The number of carboxylic acids is 1. The molecular formula is C20H14Mn2O4. The molecule has 0 unspecified atom stereocenters. The van der Waals surface area contributed by atoms with E-state index in [9.17, 15) is 15.0 Å². The van der Waals surface area contributed by atoms with Crippen LogP contribution in [-0.2, 0) is 34.1 Å². The summed E-state index contributed by atoms with van der Waals surface area (Å²) in [6.45, 7) is 0. The first kappa shape index (κ1) is 20.1. The molecule has 0 spiro atoms. The molecule has 0 aromatic heterocycles.